The molecule has 3 nitrogen and oxygen atoms in total. The summed E-state index contributed by atoms with van der Waals surface area (Å²) in [6, 6.07) is 5.57. The van der Waals surface area contributed by atoms with Crippen molar-refractivity contribution in [1.82, 2.24) is 0 Å². The van der Waals surface area contributed by atoms with Gasteiger partial charge in [-0.05, 0) is 17.7 Å². The van der Waals surface area contributed by atoms with Crippen LogP contribution in [0.25, 0.3) is 0 Å². The van der Waals surface area contributed by atoms with Gasteiger partial charge in [0.1, 0.15) is 0 Å². The number of rotatable bonds is 5. The van der Waals surface area contributed by atoms with E-state index in [9.17, 15) is 5.11 Å². The van der Waals surface area contributed by atoms with Gasteiger partial charge in [-0.15, -0.1) is 6.58 Å². The molecule has 0 aromatic heterocycles. The van der Waals surface area contributed by atoms with Crippen molar-refractivity contribution >= 4 is 0 Å². The molecule has 0 radical (unpaired) electrons. The van der Waals surface area contributed by atoms with Gasteiger partial charge in [0.05, 0.1) is 20.3 Å². The molecule has 0 bridgehead atoms. The number of methoxy groups -OCH3 is 2. The van der Waals surface area contributed by atoms with Crippen LogP contribution in [0.4, 0.5) is 0 Å². The second-order valence-corrected chi connectivity index (χ2v) is 3.20. The molecule has 1 aromatic rings. The lowest BCUT2D eigenvalue weighted by molar-refractivity contribution is 0.224. The van der Waals surface area contributed by atoms with Crippen molar-refractivity contribution in [2.45, 2.75) is 12.5 Å². The first-order valence-electron chi connectivity index (χ1n) is 4.72. The van der Waals surface area contributed by atoms with E-state index in [-0.39, 0.29) is 0 Å². The van der Waals surface area contributed by atoms with Crippen LogP contribution in [-0.4, -0.2) is 25.4 Å². The molecule has 3 heteroatoms. The molecule has 82 valence electrons. The number of aliphatic hydroxyl groups excluding tert-OH is 1. The smallest absolute Gasteiger partial charge is 0.160 e. The lowest BCUT2D eigenvalue weighted by atomic mass is 10.1. The summed E-state index contributed by atoms with van der Waals surface area (Å²) >= 11 is 0. The third-order valence-electron chi connectivity index (χ3n) is 2.16. The first kappa shape index (κ1) is 11.6. The Kier molecular flexibility index (Phi) is 4.18. The molecule has 0 saturated carbocycles. The van der Waals surface area contributed by atoms with Crippen LogP contribution in [0, 0.1) is 0 Å². The minimum absolute atomic E-state index is 0.525. The summed E-state index contributed by atoms with van der Waals surface area (Å²) in [7, 11) is 3.18. The van der Waals surface area contributed by atoms with Crippen LogP contribution in [0.5, 0.6) is 11.5 Å². The predicted octanol–water partition coefficient (Wildman–Crippen LogP) is 1.79. The SMILES string of the molecule is C=CC(O)Cc1ccc(OC)c(OC)c1. The molecular formula is C12H16O3. The van der Waals surface area contributed by atoms with E-state index in [1.165, 1.54) is 6.08 Å². The summed E-state index contributed by atoms with van der Waals surface area (Å²) in [4.78, 5) is 0. The third kappa shape index (κ3) is 2.99. The van der Waals surface area contributed by atoms with Crippen LogP contribution in [0.3, 0.4) is 0 Å². The summed E-state index contributed by atoms with van der Waals surface area (Å²) in [6.45, 7) is 3.53. The number of ether oxygens (including phenoxy) is 2. The molecule has 0 saturated heterocycles. The van der Waals surface area contributed by atoms with Gasteiger partial charge < -0.3 is 14.6 Å². The molecule has 1 unspecified atom stereocenters. The van der Waals surface area contributed by atoms with Crippen molar-refractivity contribution in [3.63, 3.8) is 0 Å². The first-order chi connectivity index (χ1) is 7.21. The summed E-state index contributed by atoms with van der Waals surface area (Å²) in [6.07, 6.45) is 1.52. The minimum atomic E-state index is -0.525. The van der Waals surface area contributed by atoms with E-state index in [4.69, 9.17) is 9.47 Å². The standard InChI is InChI=1S/C12H16O3/c1-4-10(13)7-9-5-6-11(14-2)12(8-9)15-3/h4-6,8,10,13H,1,7H2,2-3H3. The molecule has 0 aliphatic heterocycles. The van der Waals surface area contributed by atoms with E-state index in [1.54, 1.807) is 14.2 Å². The van der Waals surface area contributed by atoms with Crippen molar-refractivity contribution in [3.05, 3.63) is 36.4 Å². The number of hydrogen-bond donors (Lipinski definition) is 1. The maximum atomic E-state index is 9.41. The van der Waals surface area contributed by atoms with Crippen molar-refractivity contribution in [2.24, 2.45) is 0 Å². The van der Waals surface area contributed by atoms with Crippen LogP contribution in [-0.2, 0) is 6.42 Å². The van der Waals surface area contributed by atoms with Crippen LogP contribution in [0.1, 0.15) is 5.56 Å². The summed E-state index contributed by atoms with van der Waals surface area (Å²) in [5.41, 5.74) is 0.986. The van der Waals surface area contributed by atoms with Crippen molar-refractivity contribution in [1.29, 1.82) is 0 Å². The van der Waals surface area contributed by atoms with Gasteiger partial charge in [0.25, 0.3) is 0 Å². The Hall–Kier alpha value is -1.48. The van der Waals surface area contributed by atoms with Gasteiger partial charge in [0.2, 0.25) is 0 Å². The first-order valence-corrected chi connectivity index (χ1v) is 4.72. The Bertz CT molecular complexity index is 334. The molecule has 0 amide bonds. The molecule has 1 N–H and O–H groups in total. The Morgan fingerprint density at radius 1 is 1.33 bits per heavy atom. The topological polar surface area (TPSA) is 38.7 Å². The normalized spacial score (nSPS) is 11.9. The highest BCUT2D eigenvalue weighted by molar-refractivity contribution is 5.43. The molecule has 1 atom stereocenters. The van der Waals surface area contributed by atoms with Crippen molar-refractivity contribution in [3.8, 4) is 11.5 Å². The molecule has 0 heterocycles. The zero-order valence-electron chi connectivity index (χ0n) is 9.06. The molecule has 0 spiro atoms. The lowest BCUT2D eigenvalue weighted by Crippen LogP contribution is -2.06. The van der Waals surface area contributed by atoms with E-state index in [2.05, 4.69) is 6.58 Å². The van der Waals surface area contributed by atoms with Gasteiger partial charge in [0, 0.05) is 6.42 Å². The van der Waals surface area contributed by atoms with Gasteiger partial charge in [-0.1, -0.05) is 12.1 Å². The molecule has 0 fully saturated rings. The largest absolute Gasteiger partial charge is 0.493 e. The van der Waals surface area contributed by atoms with Gasteiger partial charge in [-0.25, -0.2) is 0 Å². The molecule has 1 aromatic carbocycles. The molecule has 0 aliphatic rings. The van der Waals surface area contributed by atoms with Crippen LogP contribution >= 0.6 is 0 Å². The number of benzene rings is 1. The van der Waals surface area contributed by atoms with Crippen LogP contribution in [0.15, 0.2) is 30.9 Å². The fourth-order valence-electron chi connectivity index (χ4n) is 1.33. The molecule has 1 rings (SSSR count). The zero-order chi connectivity index (χ0) is 11.3. The maximum Gasteiger partial charge on any atom is 0.160 e. The third-order valence-corrected chi connectivity index (χ3v) is 2.16. The molecule has 15 heavy (non-hydrogen) atoms. The Labute approximate surface area is 90.0 Å². The van der Waals surface area contributed by atoms with Gasteiger partial charge in [0.15, 0.2) is 11.5 Å². The van der Waals surface area contributed by atoms with Gasteiger partial charge >= 0.3 is 0 Å². The Balaban J connectivity index is 2.87. The number of aliphatic hydroxyl groups is 1. The maximum absolute atomic E-state index is 9.41. The molecule has 0 aliphatic carbocycles. The van der Waals surface area contributed by atoms with E-state index < -0.39 is 6.10 Å². The van der Waals surface area contributed by atoms with Crippen LogP contribution in [0.2, 0.25) is 0 Å². The fourth-order valence-corrected chi connectivity index (χ4v) is 1.33. The molecular weight excluding hydrogens is 192 g/mol. The number of hydrogen-bond acceptors (Lipinski definition) is 3. The van der Waals surface area contributed by atoms with E-state index >= 15 is 0 Å². The minimum Gasteiger partial charge on any atom is -0.493 e. The Morgan fingerprint density at radius 2 is 2.00 bits per heavy atom. The highest BCUT2D eigenvalue weighted by atomic mass is 16.5. The highest BCUT2D eigenvalue weighted by Gasteiger charge is 2.06. The van der Waals surface area contributed by atoms with Gasteiger partial charge in [-0.3, -0.25) is 0 Å². The van der Waals surface area contributed by atoms with E-state index in [1.807, 2.05) is 18.2 Å². The zero-order valence-corrected chi connectivity index (χ0v) is 9.06. The Morgan fingerprint density at radius 3 is 2.53 bits per heavy atom. The second-order valence-electron chi connectivity index (χ2n) is 3.20. The summed E-state index contributed by atoms with van der Waals surface area (Å²) < 4.78 is 10.3. The average Bonchev–Trinajstić information content (AvgIpc) is 2.28. The quantitative estimate of drug-likeness (QED) is 0.750. The predicted molar refractivity (Wildman–Crippen MR) is 59.5 cm³/mol. The van der Waals surface area contributed by atoms with Crippen molar-refractivity contribution in [2.75, 3.05) is 14.2 Å². The van der Waals surface area contributed by atoms with E-state index in [0.29, 0.717) is 17.9 Å². The van der Waals surface area contributed by atoms with Crippen LogP contribution < -0.4 is 9.47 Å². The second kappa shape index (κ2) is 5.41. The van der Waals surface area contributed by atoms with Gasteiger partial charge in [-0.2, -0.15) is 0 Å². The fraction of sp³-hybridized carbons (Fsp3) is 0.333. The average molecular weight is 208 g/mol. The summed E-state index contributed by atoms with van der Waals surface area (Å²) in [5.74, 6) is 1.36. The van der Waals surface area contributed by atoms with Crippen molar-refractivity contribution < 1.29 is 14.6 Å². The van der Waals surface area contributed by atoms with E-state index in [0.717, 1.165) is 5.56 Å². The monoisotopic (exact) mass is 208 g/mol. The summed E-state index contributed by atoms with van der Waals surface area (Å²) in [5, 5.41) is 9.41. The highest BCUT2D eigenvalue weighted by Crippen LogP contribution is 2.27. The lowest BCUT2D eigenvalue weighted by Gasteiger charge is -2.10.